The summed E-state index contributed by atoms with van der Waals surface area (Å²) in [6.45, 7) is 3.04. The second-order valence-electron chi connectivity index (χ2n) is 2.55. The highest BCUT2D eigenvalue weighted by molar-refractivity contribution is 6.36. The lowest BCUT2D eigenvalue weighted by atomic mass is 10.3. The lowest BCUT2D eigenvalue weighted by Gasteiger charge is -2.06. The van der Waals surface area contributed by atoms with Gasteiger partial charge in [0.05, 0.1) is 10.7 Å². The topological polar surface area (TPSA) is 12.0 Å². The predicted molar refractivity (Wildman–Crippen MR) is 55.2 cm³/mol. The smallest absolute Gasteiger partial charge is 0.0652 e. The number of halogens is 2. The number of rotatable bonds is 3. The minimum atomic E-state index is 0.669. The van der Waals surface area contributed by atoms with Gasteiger partial charge in [0.25, 0.3) is 0 Å². The van der Waals surface area contributed by atoms with E-state index in [-0.39, 0.29) is 0 Å². The SMILES string of the molecule is CCCNc1ccc(Cl)cc1Cl. The third kappa shape index (κ3) is 2.58. The Kier molecular flexibility index (Phi) is 3.70. The summed E-state index contributed by atoms with van der Waals surface area (Å²) in [5.41, 5.74) is 0.947. The van der Waals surface area contributed by atoms with Crippen LogP contribution in [0.25, 0.3) is 0 Å². The second kappa shape index (κ2) is 4.58. The van der Waals surface area contributed by atoms with Crippen molar-refractivity contribution in [2.24, 2.45) is 0 Å². The fraction of sp³-hybridized carbons (Fsp3) is 0.333. The molecule has 0 unspecified atom stereocenters. The summed E-state index contributed by atoms with van der Waals surface area (Å²) in [6, 6.07) is 5.45. The summed E-state index contributed by atoms with van der Waals surface area (Å²) in [6.07, 6.45) is 1.08. The van der Waals surface area contributed by atoms with Crippen LogP contribution in [-0.4, -0.2) is 6.54 Å². The summed E-state index contributed by atoms with van der Waals surface area (Å²) in [7, 11) is 0. The van der Waals surface area contributed by atoms with E-state index in [1.807, 2.05) is 12.1 Å². The largest absolute Gasteiger partial charge is 0.384 e. The fourth-order valence-corrected chi connectivity index (χ4v) is 1.37. The molecule has 0 saturated heterocycles. The molecule has 1 rings (SSSR count). The first-order chi connectivity index (χ1) is 5.74. The molecule has 1 nitrogen and oxygen atoms in total. The van der Waals surface area contributed by atoms with Gasteiger partial charge in [-0.15, -0.1) is 0 Å². The van der Waals surface area contributed by atoms with Crippen LogP contribution in [-0.2, 0) is 0 Å². The summed E-state index contributed by atoms with van der Waals surface area (Å²) >= 11 is 11.7. The molecule has 0 fully saturated rings. The van der Waals surface area contributed by atoms with E-state index in [0.717, 1.165) is 18.7 Å². The van der Waals surface area contributed by atoms with E-state index in [9.17, 15) is 0 Å². The van der Waals surface area contributed by atoms with Crippen LogP contribution in [0.1, 0.15) is 13.3 Å². The van der Waals surface area contributed by atoms with Gasteiger partial charge in [-0.3, -0.25) is 0 Å². The molecule has 0 amide bonds. The van der Waals surface area contributed by atoms with Crippen molar-refractivity contribution in [1.82, 2.24) is 0 Å². The molecule has 66 valence electrons. The predicted octanol–water partition coefficient (Wildman–Crippen LogP) is 3.82. The van der Waals surface area contributed by atoms with Crippen LogP contribution < -0.4 is 5.32 Å². The van der Waals surface area contributed by atoms with Crippen molar-refractivity contribution in [2.75, 3.05) is 11.9 Å². The normalized spacial score (nSPS) is 9.92. The zero-order valence-electron chi connectivity index (χ0n) is 6.90. The Morgan fingerprint density at radius 3 is 2.67 bits per heavy atom. The molecule has 0 spiro atoms. The Labute approximate surface area is 82.7 Å². The molecule has 0 saturated carbocycles. The molecule has 0 heterocycles. The van der Waals surface area contributed by atoms with E-state index >= 15 is 0 Å². The second-order valence-corrected chi connectivity index (χ2v) is 3.39. The van der Waals surface area contributed by atoms with Crippen LogP contribution in [0.2, 0.25) is 10.0 Å². The Morgan fingerprint density at radius 2 is 2.08 bits per heavy atom. The van der Waals surface area contributed by atoms with Crippen molar-refractivity contribution >= 4 is 28.9 Å². The molecule has 0 aliphatic rings. The van der Waals surface area contributed by atoms with Gasteiger partial charge in [-0.1, -0.05) is 30.1 Å². The van der Waals surface area contributed by atoms with Gasteiger partial charge in [0, 0.05) is 11.6 Å². The van der Waals surface area contributed by atoms with E-state index in [0.29, 0.717) is 10.0 Å². The van der Waals surface area contributed by atoms with Gasteiger partial charge in [0.1, 0.15) is 0 Å². The van der Waals surface area contributed by atoms with Gasteiger partial charge < -0.3 is 5.32 Å². The maximum atomic E-state index is 5.92. The van der Waals surface area contributed by atoms with E-state index in [1.54, 1.807) is 6.07 Å². The van der Waals surface area contributed by atoms with Crippen LogP contribution in [0.5, 0.6) is 0 Å². The molecular weight excluding hydrogens is 193 g/mol. The number of anilines is 1. The lowest BCUT2D eigenvalue weighted by molar-refractivity contribution is 0.980. The number of nitrogens with one attached hydrogen (secondary N) is 1. The molecule has 12 heavy (non-hydrogen) atoms. The van der Waals surface area contributed by atoms with Gasteiger partial charge in [0.2, 0.25) is 0 Å². The first-order valence-electron chi connectivity index (χ1n) is 3.93. The van der Waals surface area contributed by atoms with Gasteiger partial charge in [-0.05, 0) is 24.6 Å². The highest BCUT2D eigenvalue weighted by Gasteiger charge is 1.98. The summed E-state index contributed by atoms with van der Waals surface area (Å²) < 4.78 is 0. The zero-order valence-corrected chi connectivity index (χ0v) is 8.41. The van der Waals surface area contributed by atoms with Gasteiger partial charge in [0.15, 0.2) is 0 Å². The maximum Gasteiger partial charge on any atom is 0.0652 e. The Balaban J connectivity index is 2.72. The standard InChI is InChI=1S/C9H11Cl2N/c1-2-5-12-9-4-3-7(10)6-8(9)11/h3-4,6,12H,2,5H2,1H3. The van der Waals surface area contributed by atoms with Crippen LogP contribution in [0.3, 0.4) is 0 Å². The minimum absolute atomic E-state index is 0.669. The van der Waals surface area contributed by atoms with Crippen LogP contribution in [0, 0.1) is 0 Å². The Morgan fingerprint density at radius 1 is 1.33 bits per heavy atom. The van der Waals surface area contributed by atoms with Gasteiger partial charge in [-0.2, -0.15) is 0 Å². The highest BCUT2D eigenvalue weighted by atomic mass is 35.5. The third-order valence-corrected chi connectivity index (χ3v) is 2.04. The van der Waals surface area contributed by atoms with E-state index in [1.165, 1.54) is 0 Å². The lowest BCUT2D eigenvalue weighted by Crippen LogP contribution is -1.99. The molecular formula is C9H11Cl2N. The van der Waals surface area contributed by atoms with Crippen molar-refractivity contribution in [1.29, 1.82) is 0 Å². The molecule has 1 aromatic carbocycles. The van der Waals surface area contributed by atoms with Crippen molar-refractivity contribution < 1.29 is 0 Å². The van der Waals surface area contributed by atoms with Crippen molar-refractivity contribution in [3.05, 3.63) is 28.2 Å². The molecule has 0 radical (unpaired) electrons. The number of hydrogen-bond acceptors (Lipinski definition) is 1. The molecule has 0 bridgehead atoms. The first kappa shape index (κ1) is 9.69. The monoisotopic (exact) mass is 203 g/mol. The van der Waals surface area contributed by atoms with Gasteiger partial charge in [-0.25, -0.2) is 0 Å². The average Bonchev–Trinajstić information content (AvgIpc) is 2.03. The summed E-state index contributed by atoms with van der Waals surface area (Å²) in [5, 5.41) is 4.54. The van der Waals surface area contributed by atoms with Crippen molar-refractivity contribution in [3.8, 4) is 0 Å². The van der Waals surface area contributed by atoms with Crippen LogP contribution in [0.4, 0.5) is 5.69 Å². The molecule has 0 aliphatic heterocycles. The van der Waals surface area contributed by atoms with Crippen LogP contribution >= 0.6 is 23.2 Å². The summed E-state index contributed by atoms with van der Waals surface area (Å²) in [4.78, 5) is 0. The minimum Gasteiger partial charge on any atom is -0.384 e. The quantitative estimate of drug-likeness (QED) is 0.789. The Hall–Kier alpha value is -0.400. The van der Waals surface area contributed by atoms with Crippen LogP contribution in [0.15, 0.2) is 18.2 Å². The maximum absolute atomic E-state index is 5.92. The third-order valence-electron chi connectivity index (χ3n) is 1.50. The highest BCUT2D eigenvalue weighted by Crippen LogP contribution is 2.24. The zero-order chi connectivity index (χ0) is 8.97. The molecule has 1 aromatic rings. The molecule has 3 heteroatoms. The Bertz CT molecular complexity index is 261. The van der Waals surface area contributed by atoms with Crippen molar-refractivity contribution in [3.63, 3.8) is 0 Å². The fourth-order valence-electron chi connectivity index (χ4n) is 0.893. The molecule has 0 atom stereocenters. The first-order valence-corrected chi connectivity index (χ1v) is 4.68. The number of benzene rings is 1. The van der Waals surface area contributed by atoms with E-state index < -0.39 is 0 Å². The molecule has 0 aromatic heterocycles. The van der Waals surface area contributed by atoms with E-state index in [4.69, 9.17) is 23.2 Å². The molecule has 0 aliphatic carbocycles. The number of hydrogen-bond donors (Lipinski definition) is 1. The van der Waals surface area contributed by atoms with E-state index in [2.05, 4.69) is 12.2 Å². The van der Waals surface area contributed by atoms with Gasteiger partial charge >= 0.3 is 0 Å². The average molecular weight is 204 g/mol. The van der Waals surface area contributed by atoms with Crippen molar-refractivity contribution in [2.45, 2.75) is 13.3 Å². The summed E-state index contributed by atoms with van der Waals surface area (Å²) in [5.74, 6) is 0. The molecule has 1 N–H and O–H groups in total.